The fraction of sp³-hybridized carbons (Fsp3) is 0.316. The van der Waals surface area contributed by atoms with Crippen molar-refractivity contribution < 1.29 is 4.79 Å². The molecule has 1 aliphatic rings. The molecule has 23 heavy (non-hydrogen) atoms. The van der Waals surface area contributed by atoms with Crippen LogP contribution in [0.5, 0.6) is 0 Å². The van der Waals surface area contributed by atoms with Gasteiger partial charge < -0.3 is 5.32 Å². The normalized spacial score (nSPS) is 13.8. The van der Waals surface area contributed by atoms with E-state index in [-0.39, 0.29) is 11.9 Å². The lowest BCUT2D eigenvalue weighted by Gasteiger charge is -2.20. The zero-order chi connectivity index (χ0) is 16.4. The van der Waals surface area contributed by atoms with Crippen LogP contribution < -0.4 is 15.9 Å². The Morgan fingerprint density at radius 2 is 2.04 bits per heavy atom. The largest absolute Gasteiger partial charge is 0.344 e. The van der Waals surface area contributed by atoms with Gasteiger partial charge in [-0.3, -0.25) is 14.8 Å². The Balaban J connectivity index is 1.83. The quantitative estimate of drug-likeness (QED) is 0.922. The first kappa shape index (κ1) is 15.4. The van der Waals surface area contributed by atoms with Crippen LogP contribution in [0.1, 0.15) is 49.3 Å². The number of fused-ring (bicyclic) bond motifs is 1. The number of carbonyl (C=O) groups excluding carboxylic acids is 1. The summed E-state index contributed by atoms with van der Waals surface area (Å²) < 4.78 is 0. The number of nitrogens with zero attached hydrogens (tertiary/aromatic N) is 2. The van der Waals surface area contributed by atoms with Gasteiger partial charge in [-0.25, -0.2) is 0 Å². The highest BCUT2D eigenvalue weighted by Crippen LogP contribution is 2.19. The van der Waals surface area contributed by atoms with Gasteiger partial charge in [-0.2, -0.15) is 0 Å². The topological polar surface area (TPSA) is 54.4 Å². The van der Waals surface area contributed by atoms with Crippen LogP contribution in [0.3, 0.4) is 0 Å². The molecular formula is C19H21N3O. The average Bonchev–Trinajstić information content (AvgIpc) is 2.53. The van der Waals surface area contributed by atoms with Crippen LogP contribution in [0.15, 0.2) is 47.6 Å². The molecule has 1 aliphatic heterocycles. The SMILES string of the molecule is CC1=c2cc(C(=O)NC(CC(C)C)c3ccccn3)ccc2=N1. The van der Waals surface area contributed by atoms with Gasteiger partial charge in [0.05, 0.1) is 17.1 Å². The van der Waals surface area contributed by atoms with E-state index in [0.29, 0.717) is 11.5 Å². The molecule has 1 unspecified atom stereocenters. The number of aromatic nitrogens is 1. The van der Waals surface area contributed by atoms with E-state index in [1.54, 1.807) is 6.20 Å². The molecule has 0 spiro atoms. The lowest BCUT2D eigenvalue weighted by atomic mass is 10.00. The Kier molecular flexibility index (Phi) is 4.24. The molecule has 0 saturated carbocycles. The number of carbonyl (C=O) groups is 1. The molecule has 4 nitrogen and oxygen atoms in total. The van der Waals surface area contributed by atoms with Crippen molar-refractivity contribution in [3.05, 3.63) is 64.4 Å². The molecule has 0 bridgehead atoms. The van der Waals surface area contributed by atoms with Crippen LogP contribution in [0.4, 0.5) is 0 Å². The van der Waals surface area contributed by atoms with Crippen LogP contribution >= 0.6 is 0 Å². The van der Waals surface area contributed by atoms with Gasteiger partial charge in [0.1, 0.15) is 0 Å². The summed E-state index contributed by atoms with van der Waals surface area (Å²) in [6.45, 7) is 6.25. The number of nitrogens with one attached hydrogen (secondary N) is 1. The number of benzene rings is 1. The average molecular weight is 307 g/mol. The Bertz CT molecular complexity index is 841. The minimum Gasteiger partial charge on any atom is -0.344 e. The molecule has 1 aromatic heterocycles. The smallest absolute Gasteiger partial charge is 0.251 e. The van der Waals surface area contributed by atoms with E-state index in [1.165, 1.54) is 0 Å². The number of pyridine rings is 1. The molecule has 1 atom stereocenters. The van der Waals surface area contributed by atoms with E-state index in [0.717, 1.165) is 28.4 Å². The van der Waals surface area contributed by atoms with Gasteiger partial charge in [0, 0.05) is 22.7 Å². The van der Waals surface area contributed by atoms with Crippen LogP contribution in [-0.2, 0) is 0 Å². The van der Waals surface area contributed by atoms with Crippen molar-refractivity contribution in [2.24, 2.45) is 10.9 Å². The Morgan fingerprint density at radius 1 is 1.22 bits per heavy atom. The maximum absolute atomic E-state index is 12.6. The van der Waals surface area contributed by atoms with Crippen molar-refractivity contribution in [3.8, 4) is 0 Å². The molecule has 2 aromatic rings. The summed E-state index contributed by atoms with van der Waals surface area (Å²) in [5.41, 5.74) is 2.55. The summed E-state index contributed by atoms with van der Waals surface area (Å²) in [5.74, 6) is 0.400. The Hall–Kier alpha value is -2.49. The highest BCUT2D eigenvalue weighted by atomic mass is 16.1. The van der Waals surface area contributed by atoms with Crippen molar-refractivity contribution >= 4 is 11.6 Å². The van der Waals surface area contributed by atoms with Crippen LogP contribution in [0.2, 0.25) is 0 Å². The zero-order valence-corrected chi connectivity index (χ0v) is 13.7. The molecule has 0 saturated heterocycles. The highest BCUT2D eigenvalue weighted by molar-refractivity contribution is 5.94. The van der Waals surface area contributed by atoms with E-state index < -0.39 is 0 Å². The van der Waals surface area contributed by atoms with Gasteiger partial charge in [-0.15, -0.1) is 0 Å². The third kappa shape index (κ3) is 3.31. The standard InChI is InChI=1S/C19H21N3O/c1-12(2)10-18(17-6-4-5-9-20-17)22-19(23)14-7-8-16-15(11-14)13(3)21-16/h4-9,11-12,18H,10H2,1-3H3,(H,22,23). The van der Waals surface area contributed by atoms with E-state index in [1.807, 2.05) is 43.3 Å². The molecule has 0 radical (unpaired) electrons. The second-order valence-corrected chi connectivity index (χ2v) is 6.34. The van der Waals surface area contributed by atoms with Gasteiger partial charge in [0.15, 0.2) is 0 Å². The predicted octanol–water partition coefficient (Wildman–Crippen LogP) is 2.36. The van der Waals surface area contributed by atoms with Crippen molar-refractivity contribution in [3.63, 3.8) is 0 Å². The predicted molar refractivity (Wildman–Crippen MR) is 90.2 cm³/mol. The van der Waals surface area contributed by atoms with E-state index in [4.69, 9.17) is 0 Å². The van der Waals surface area contributed by atoms with Gasteiger partial charge in [-0.1, -0.05) is 19.9 Å². The van der Waals surface area contributed by atoms with E-state index in [2.05, 4.69) is 29.1 Å². The lowest BCUT2D eigenvalue weighted by Crippen LogP contribution is -2.36. The summed E-state index contributed by atoms with van der Waals surface area (Å²) in [4.78, 5) is 21.3. The Labute approximate surface area is 136 Å². The summed E-state index contributed by atoms with van der Waals surface area (Å²) in [5, 5.41) is 5.15. The summed E-state index contributed by atoms with van der Waals surface area (Å²) >= 11 is 0. The van der Waals surface area contributed by atoms with Gasteiger partial charge in [0.2, 0.25) is 0 Å². The van der Waals surface area contributed by atoms with Crippen LogP contribution in [-0.4, -0.2) is 10.9 Å². The lowest BCUT2D eigenvalue weighted by molar-refractivity contribution is 0.0931. The molecule has 1 amide bonds. The summed E-state index contributed by atoms with van der Waals surface area (Å²) in [6.07, 6.45) is 2.62. The fourth-order valence-electron chi connectivity index (χ4n) is 2.80. The van der Waals surface area contributed by atoms with Crippen LogP contribution in [0.25, 0.3) is 5.70 Å². The molecule has 1 N–H and O–H groups in total. The van der Waals surface area contributed by atoms with Crippen molar-refractivity contribution in [1.29, 1.82) is 0 Å². The second-order valence-electron chi connectivity index (χ2n) is 6.34. The monoisotopic (exact) mass is 307 g/mol. The molecule has 118 valence electrons. The first-order chi connectivity index (χ1) is 11.0. The molecule has 0 fully saturated rings. The summed E-state index contributed by atoms with van der Waals surface area (Å²) in [6, 6.07) is 11.4. The fourth-order valence-corrected chi connectivity index (χ4v) is 2.80. The van der Waals surface area contributed by atoms with Gasteiger partial charge in [0.25, 0.3) is 5.91 Å². The summed E-state index contributed by atoms with van der Waals surface area (Å²) in [7, 11) is 0. The molecular weight excluding hydrogens is 286 g/mol. The highest BCUT2D eigenvalue weighted by Gasteiger charge is 2.18. The molecule has 0 aliphatic carbocycles. The van der Waals surface area contributed by atoms with E-state index in [9.17, 15) is 4.79 Å². The van der Waals surface area contributed by atoms with Crippen LogP contribution in [0, 0.1) is 5.92 Å². The van der Waals surface area contributed by atoms with Gasteiger partial charge >= 0.3 is 0 Å². The molecule has 3 rings (SSSR count). The van der Waals surface area contributed by atoms with Crippen molar-refractivity contribution in [2.75, 3.05) is 0 Å². The van der Waals surface area contributed by atoms with Crippen molar-refractivity contribution in [2.45, 2.75) is 33.2 Å². The molecule has 1 aromatic carbocycles. The first-order valence-electron chi connectivity index (χ1n) is 7.96. The maximum Gasteiger partial charge on any atom is 0.251 e. The molecule has 4 heteroatoms. The first-order valence-corrected chi connectivity index (χ1v) is 7.96. The van der Waals surface area contributed by atoms with Crippen molar-refractivity contribution in [1.82, 2.24) is 10.3 Å². The maximum atomic E-state index is 12.6. The third-order valence-corrected chi connectivity index (χ3v) is 3.99. The number of amides is 1. The number of hydrogen-bond donors (Lipinski definition) is 1. The number of hydrogen-bond acceptors (Lipinski definition) is 3. The zero-order valence-electron chi connectivity index (χ0n) is 13.7. The third-order valence-electron chi connectivity index (χ3n) is 3.99. The molecule has 2 heterocycles. The second kappa shape index (κ2) is 6.32. The van der Waals surface area contributed by atoms with E-state index >= 15 is 0 Å². The number of rotatable bonds is 5. The minimum atomic E-state index is -0.0791. The Morgan fingerprint density at radius 3 is 2.70 bits per heavy atom. The minimum absolute atomic E-state index is 0.0659. The van der Waals surface area contributed by atoms with Gasteiger partial charge in [-0.05, 0) is 49.6 Å².